The lowest BCUT2D eigenvalue weighted by molar-refractivity contribution is 0.0746. The zero-order chi connectivity index (χ0) is 20.2. The minimum Gasteiger partial charge on any atom is -0.488 e. The molecule has 0 aliphatic carbocycles. The third-order valence-corrected chi connectivity index (χ3v) is 6.55. The van der Waals surface area contributed by atoms with Gasteiger partial charge in [-0.05, 0) is 52.7 Å². The van der Waals surface area contributed by atoms with Crippen LogP contribution in [0.4, 0.5) is 5.13 Å². The van der Waals surface area contributed by atoms with Crippen LogP contribution in [0, 0.1) is 6.92 Å². The van der Waals surface area contributed by atoms with Crippen LogP contribution in [-0.4, -0.2) is 42.0 Å². The molecule has 0 atom stereocenters. The first-order valence-corrected chi connectivity index (χ1v) is 11.2. The van der Waals surface area contributed by atoms with Gasteiger partial charge in [-0.3, -0.25) is 4.79 Å². The number of ether oxygens (including phenoxy) is 1. The lowest BCUT2D eigenvalue weighted by Crippen LogP contribution is -2.48. The maximum atomic E-state index is 12.8. The van der Waals surface area contributed by atoms with Crippen molar-refractivity contribution in [3.8, 4) is 5.75 Å². The minimum absolute atomic E-state index is 0.0817. The summed E-state index contributed by atoms with van der Waals surface area (Å²) in [4.78, 5) is 21.6. The van der Waals surface area contributed by atoms with E-state index in [9.17, 15) is 4.79 Å². The van der Waals surface area contributed by atoms with Gasteiger partial charge in [0.2, 0.25) is 0 Å². The molecule has 0 saturated carbocycles. The maximum Gasteiger partial charge on any atom is 0.253 e. The second kappa shape index (κ2) is 8.97. The van der Waals surface area contributed by atoms with E-state index in [1.165, 1.54) is 0 Å². The van der Waals surface area contributed by atoms with Crippen molar-refractivity contribution in [3.63, 3.8) is 0 Å². The average Bonchev–Trinajstić information content (AvgIpc) is 3.19. The average molecular weight is 472 g/mol. The third kappa shape index (κ3) is 4.79. The highest BCUT2D eigenvalue weighted by Crippen LogP contribution is 2.25. The summed E-state index contributed by atoms with van der Waals surface area (Å²) in [6.45, 7) is 5.53. The molecule has 0 radical (unpaired) electrons. The van der Waals surface area contributed by atoms with Crippen LogP contribution >= 0.6 is 27.3 Å². The largest absolute Gasteiger partial charge is 0.488 e. The Morgan fingerprint density at radius 1 is 1.10 bits per heavy atom. The number of rotatable bonds is 5. The number of nitrogens with zero attached hydrogens (tertiary/aromatic N) is 3. The second-order valence-corrected chi connectivity index (χ2v) is 8.66. The molecular weight excluding hydrogens is 450 g/mol. The predicted molar refractivity (Wildman–Crippen MR) is 120 cm³/mol. The van der Waals surface area contributed by atoms with Crippen LogP contribution in [-0.2, 0) is 6.61 Å². The Morgan fingerprint density at radius 3 is 2.48 bits per heavy atom. The standard InChI is InChI=1S/C22H22BrN3O2S/c1-16-15-29-22(24-16)26-12-10-25(11-13-26)21(27)18-8-6-17(7-9-18)14-28-20-5-3-2-4-19(20)23/h2-9,15H,10-14H2,1H3. The monoisotopic (exact) mass is 471 g/mol. The van der Waals surface area contributed by atoms with Crippen molar-refractivity contribution in [2.75, 3.05) is 31.1 Å². The van der Waals surface area contributed by atoms with Gasteiger partial charge in [0.25, 0.3) is 5.91 Å². The van der Waals surface area contributed by atoms with Gasteiger partial charge in [0.1, 0.15) is 12.4 Å². The minimum atomic E-state index is 0.0817. The number of anilines is 1. The van der Waals surface area contributed by atoms with E-state index in [1.807, 2.05) is 60.4 Å². The summed E-state index contributed by atoms with van der Waals surface area (Å²) in [6.07, 6.45) is 0. The van der Waals surface area contributed by atoms with Crippen molar-refractivity contribution in [2.45, 2.75) is 13.5 Å². The highest BCUT2D eigenvalue weighted by Gasteiger charge is 2.23. The van der Waals surface area contributed by atoms with Crippen molar-refractivity contribution >= 4 is 38.3 Å². The van der Waals surface area contributed by atoms with Crippen molar-refractivity contribution in [1.82, 2.24) is 9.88 Å². The summed E-state index contributed by atoms with van der Waals surface area (Å²) in [6, 6.07) is 15.5. The molecule has 0 unspecified atom stereocenters. The van der Waals surface area contributed by atoms with E-state index in [-0.39, 0.29) is 5.91 Å². The molecule has 1 aliphatic heterocycles. The van der Waals surface area contributed by atoms with Crippen LogP contribution in [0.15, 0.2) is 58.4 Å². The molecule has 5 nitrogen and oxygen atoms in total. The van der Waals surface area contributed by atoms with Crippen LogP contribution < -0.4 is 9.64 Å². The lowest BCUT2D eigenvalue weighted by atomic mass is 10.1. The molecule has 2 aromatic carbocycles. The first-order chi connectivity index (χ1) is 14.1. The molecular formula is C22H22BrN3O2S. The number of carbonyl (C=O) groups is 1. The zero-order valence-electron chi connectivity index (χ0n) is 16.2. The van der Waals surface area contributed by atoms with E-state index in [0.29, 0.717) is 25.3 Å². The lowest BCUT2D eigenvalue weighted by Gasteiger charge is -2.34. The van der Waals surface area contributed by atoms with Crippen LogP contribution in [0.2, 0.25) is 0 Å². The third-order valence-electron chi connectivity index (χ3n) is 4.88. The van der Waals surface area contributed by atoms with Crippen LogP contribution in [0.25, 0.3) is 0 Å². The fraction of sp³-hybridized carbons (Fsp3) is 0.273. The molecule has 1 aliphatic rings. The quantitative estimate of drug-likeness (QED) is 0.538. The summed E-state index contributed by atoms with van der Waals surface area (Å²) < 4.78 is 6.77. The van der Waals surface area contributed by atoms with E-state index >= 15 is 0 Å². The fourth-order valence-corrected chi connectivity index (χ4v) is 4.49. The number of amides is 1. The number of aromatic nitrogens is 1. The van der Waals surface area contributed by atoms with Crippen LogP contribution in [0.5, 0.6) is 5.75 Å². The van der Waals surface area contributed by atoms with Gasteiger partial charge in [0.05, 0.1) is 10.2 Å². The highest BCUT2D eigenvalue weighted by molar-refractivity contribution is 9.10. The topological polar surface area (TPSA) is 45.7 Å². The second-order valence-electron chi connectivity index (χ2n) is 6.97. The van der Waals surface area contributed by atoms with Gasteiger partial charge >= 0.3 is 0 Å². The summed E-state index contributed by atoms with van der Waals surface area (Å²) in [5, 5.41) is 3.11. The molecule has 1 fully saturated rings. The van der Waals surface area contributed by atoms with Gasteiger partial charge < -0.3 is 14.5 Å². The number of para-hydroxylation sites is 1. The number of hydrogen-bond donors (Lipinski definition) is 0. The maximum absolute atomic E-state index is 12.8. The van der Waals surface area contributed by atoms with Crippen molar-refractivity contribution in [1.29, 1.82) is 0 Å². The number of thiazole rings is 1. The van der Waals surface area contributed by atoms with E-state index < -0.39 is 0 Å². The van der Waals surface area contributed by atoms with Gasteiger partial charge in [0.15, 0.2) is 5.13 Å². The number of carbonyl (C=O) groups excluding carboxylic acids is 1. The molecule has 2 heterocycles. The summed E-state index contributed by atoms with van der Waals surface area (Å²) >= 11 is 5.15. The summed E-state index contributed by atoms with van der Waals surface area (Å²) in [5.41, 5.74) is 2.79. The Balaban J connectivity index is 1.32. The molecule has 150 valence electrons. The molecule has 1 aromatic heterocycles. The van der Waals surface area contributed by atoms with E-state index in [0.717, 1.165) is 39.7 Å². The number of halogens is 1. The molecule has 3 aromatic rings. The van der Waals surface area contributed by atoms with Crippen LogP contribution in [0.3, 0.4) is 0 Å². The number of benzene rings is 2. The Labute approximate surface area is 183 Å². The predicted octanol–water partition coefficient (Wildman–Crippen LogP) is 4.76. The molecule has 1 saturated heterocycles. The van der Waals surface area contributed by atoms with E-state index in [2.05, 4.69) is 31.2 Å². The van der Waals surface area contributed by atoms with Gasteiger partial charge in [0, 0.05) is 37.1 Å². The molecule has 0 N–H and O–H groups in total. The summed E-state index contributed by atoms with van der Waals surface area (Å²) in [7, 11) is 0. The molecule has 7 heteroatoms. The van der Waals surface area contributed by atoms with Gasteiger partial charge in [-0.2, -0.15) is 0 Å². The molecule has 4 rings (SSSR count). The summed E-state index contributed by atoms with van der Waals surface area (Å²) in [5.74, 6) is 0.888. The first-order valence-electron chi connectivity index (χ1n) is 9.53. The van der Waals surface area contributed by atoms with E-state index in [1.54, 1.807) is 11.3 Å². The van der Waals surface area contributed by atoms with Gasteiger partial charge in [-0.25, -0.2) is 4.98 Å². The molecule has 1 amide bonds. The SMILES string of the molecule is Cc1csc(N2CCN(C(=O)c3ccc(COc4ccccc4Br)cc3)CC2)n1. The molecule has 0 bridgehead atoms. The normalized spacial score (nSPS) is 14.1. The first kappa shape index (κ1) is 19.9. The Hall–Kier alpha value is -2.38. The smallest absolute Gasteiger partial charge is 0.253 e. The number of aryl methyl sites for hydroxylation is 1. The van der Waals surface area contributed by atoms with Crippen LogP contribution in [0.1, 0.15) is 21.6 Å². The van der Waals surface area contributed by atoms with Crippen molar-refractivity contribution in [3.05, 3.63) is 75.2 Å². The number of piperazine rings is 1. The Morgan fingerprint density at radius 2 is 1.83 bits per heavy atom. The van der Waals surface area contributed by atoms with E-state index in [4.69, 9.17) is 4.74 Å². The van der Waals surface area contributed by atoms with Crippen molar-refractivity contribution in [2.24, 2.45) is 0 Å². The molecule has 0 spiro atoms. The Kier molecular flexibility index (Phi) is 6.16. The Bertz CT molecular complexity index is 982. The number of hydrogen-bond acceptors (Lipinski definition) is 5. The molecule has 29 heavy (non-hydrogen) atoms. The fourth-order valence-electron chi connectivity index (χ4n) is 3.24. The highest BCUT2D eigenvalue weighted by atomic mass is 79.9. The van der Waals surface area contributed by atoms with Gasteiger partial charge in [-0.1, -0.05) is 24.3 Å². The van der Waals surface area contributed by atoms with Gasteiger partial charge in [-0.15, -0.1) is 11.3 Å². The van der Waals surface area contributed by atoms with Crippen molar-refractivity contribution < 1.29 is 9.53 Å². The zero-order valence-corrected chi connectivity index (χ0v) is 18.6.